The van der Waals surface area contributed by atoms with Crippen molar-refractivity contribution in [3.05, 3.63) is 53.1 Å². The second-order valence-corrected chi connectivity index (χ2v) is 5.75. The minimum Gasteiger partial charge on any atom is -0.508 e. The molecule has 0 saturated carbocycles. The van der Waals surface area contributed by atoms with Gasteiger partial charge in [0.15, 0.2) is 0 Å². The molecule has 3 rings (SSSR count). The first-order valence-corrected chi connectivity index (χ1v) is 7.31. The average molecular weight is 336 g/mol. The molecule has 1 amide bonds. The molecule has 0 aromatic heterocycles. The Bertz CT molecular complexity index is 803. The van der Waals surface area contributed by atoms with Crippen LogP contribution in [0.5, 0.6) is 5.75 Å². The molecule has 24 heavy (non-hydrogen) atoms. The Morgan fingerprint density at radius 1 is 1.17 bits per heavy atom. The zero-order valence-corrected chi connectivity index (χ0v) is 12.7. The maximum Gasteiger partial charge on any atom is 0.416 e. The van der Waals surface area contributed by atoms with Crippen molar-refractivity contribution in [1.29, 1.82) is 0 Å². The van der Waals surface area contributed by atoms with E-state index in [0.29, 0.717) is 11.3 Å². The first kappa shape index (κ1) is 16.2. The van der Waals surface area contributed by atoms with Gasteiger partial charge in [-0.2, -0.15) is 13.2 Å². The van der Waals surface area contributed by atoms with Crippen molar-refractivity contribution in [1.82, 2.24) is 0 Å². The summed E-state index contributed by atoms with van der Waals surface area (Å²) in [6, 6.07) is 8.29. The SMILES string of the molecule is Cc1cc2c(cc1C(F)(F)F)NC(=O)CC(c1cccc(O)c1)N2. The van der Waals surface area contributed by atoms with Crippen LogP contribution in [0, 0.1) is 6.92 Å². The number of anilines is 2. The van der Waals surface area contributed by atoms with E-state index >= 15 is 0 Å². The summed E-state index contributed by atoms with van der Waals surface area (Å²) in [6.07, 6.45) is -4.45. The number of carbonyl (C=O) groups is 1. The third kappa shape index (κ3) is 3.15. The number of alkyl halides is 3. The van der Waals surface area contributed by atoms with Gasteiger partial charge in [-0.25, -0.2) is 0 Å². The maximum absolute atomic E-state index is 13.0. The minimum atomic E-state index is -4.49. The second kappa shape index (κ2) is 5.74. The van der Waals surface area contributed by atoms with Gasteiger partial charge in [-0.3, -0.25) is 4.79 Å². The van der Waals surface area contributed by atoms with Crippen molar-refractivity contribution < 1.29 is 23.1 Å². The number of halogens is 3. The number of benzene rings is 2. The largest absolute Gasteiger partial charge is 0.508 e. The van der Waals surface area contributed by atoms with Gasteiger partial charge in [0.1, 0.15) is 5.75 Å². The molecule has 0 radical (unpaired) electrons. The summed E-state index contributed by atoms with van der Waals surface area (Å²) in [4.78, 5) is 12.1. The number of aromatic hydroxyl groups is 1. The number of hydrogen-bond donors (Lipinski definition) is 3. The van der Waals surface area contributed by atoms with Crippen molar-refractivity contribution in [2.45, 2.75) is 25.6 Å². The Morgan fingerprint density at radius 3 is 2.58 bits per heavy atom. The van der Waals surface area contributed by atoms with Crippen molar-refractivity contribution >= 4 is 17.3 Å². The lowest BCUT2D eigenvalue weighted by atomic mass is 10.0. The lowest BCUT2D eigenvalue weighted by molar-refractivity contribution is -0.138. The molecule has 0 fully saturated rings. The predicted molar refractivity (Wildman–Crippen MR) is 83.9 cm³/mol. The molecule has 1 aliphatic heterocycles. The Labute approximate surface area is 136 Å². The fourth-order valence-electron chi connectivity index (χ4n) is 2.80. The fourth-order valence-corrected chi connectivity index (χ4v) is 2.80. The molecule has 1 atom stereocenters. The van der Waals surface area contributed by atoms with Gasteiger partial charge in [-0.05, 0) is 42.3 Å². The van der Waals surface area contributed by atoms with Crippen LogP contribution in [0.15, 0.2) is 36.4 Å². The molecule has 0 spiro atoms. The lowest BCUT2D eigenvalue weighted by Crippen LogP contribution is -2.15. The molecule has 0 saturated heterocycles. The van der Waals surface area contributed by atoms with Gasteiger partial charge in [-0.1, -0.05) is 12.1 Å². The van der Waals surface area contributed by atoms with Gasteiger partial charge in [-0.15, -0.1) is 0 Å². The van der Waals surface area contributed by atoms with Crippen molar-refractivity contribution in [2.24, 2.45) is 0 Å². The summed E-state index contributed by atoms with van der Waals surface area (Å²) in [5, 5.41) is 15.2. The number of phenolic OH excluding ortho intramolecular Hbond substituents is 1. The highest BCUT2D eigenvalue weighted by Gasteiger charge is 2.34. The fraction of sp³-hybridized carbons (Fsp3) is 0.235. The molecule has 0 bridgehead atoms. The van der Waals surface area contributed by atoms with Crippen LogP contribution in [0.4, 0.5) is 24.5 Å². The summed E-state index contributed by atoms with van der Waals surface area (Å²) in [7, 11) is 0. The van der Waals surface area contributed by atoms with Crippen LogP contribution >= 0.6 is 0 Å². The third-order valence-electron chi connectivity index (χ3n) is 3.94. The van der Waals surface area contributed by atoms with Gasteiger partial charge < -0.3 is 15.7 Å². The highest BCUT2D eigenvalue weighted by molar-refractivity contribution is 5.97. The van der Waals surface area contributed by atoms with E-state index < -0.39 is 23.7 Å². The first-order valence-electron chi connectivity index (χ1n) is 7.31. The van der Waals surface area contributed by atoms with E-state index in [1.807, 2.05) is 0 Å². The molecular formula is C17H15F3N2O2. The molecule has 1 unspecified atom stereocenters. The number of fused-ring (bicyclic) bond motifs is 1. The van der Waals surface area contributed by atoms with Crippen LogP contribution in [0.25, 0.3) is 0 Å². The van der Waals surface area contributed by atoms with Crippen LogP contribution in [0.3, 0.4) is 0 Å². The van der Waals surface area contributed by atoms with E-state index in [-0.39, 0.29) is 23.4 Å². The summed E-state index contributed by atoms with van der Waals surface area (Å²) in [5.74, 6) is -0.339. The van der Waals surface area contributed by atoms with Crippen LogP contribution < -0.4 is 10.6 Å². The number of aryl methyl sites for hydroxylation is 1. The zero-order valence-electron chi connectivity index (χ0n) is 12.7. The number of rotatable bonds is 1. The normalized spacial score (nSPS) is 17.5. The Kier molecular flexibility index (Phi) is 3.87. The van der Waals surface area contributed by atoms with Gasteiger partial charge >= 0.3 is 6.18 Å². The smallest absolute Gasteiger partial charge is 0.416 e. The summed E-state index contributed by atoms with van der Waals surface area (Å²) in [6.45, 7) is 1.38. The summed E-state index contributed by atoms with van der Waals surface area (Å²) in [5.41, 5.74) is 0.481. The Balaban J connectivity index is 2.03. The quantitative estimate of drug-likeness (QED) is 0.731. The van der Waals surface area contributed by atoms with Crippen LogP contribution in [-0.2, 0) is 11.0 Å². The van der Waals surface area contributed by atoms with E-state index in [9.17, 15) is 23.1 Å². The topological polar surface area (TPSA) is 61.4 Å². The summed E-state index contributed by atoms with van der Waals surface area (Å²) >= 11 is 0. The van der Waals surface area contributed by atoms with Crippen molar-refractivity contribution in [2.75, 3.05) is 10.6 Å². The average Bonchev–Trinajstić information content (AvgIpc) is 2.63. The van der Waals surface area contributed by atoms with E-state index in [4.69, 9.17) is 0 Å². The Hall–Kier alpha value is -2.70. The molecule has 4 nitrogen and oxygen atoms in total. The van der Waals surface area contributed by atoms with Crippen molar-refractivity contribution in [3.8, 4) is 5.75 Å². The van der Waals surface area contributed by atoms with E-state index in [0.717, 1.165) is 6.07 Å². The van der Waals surface area contributed by atoms with Gasteiger partial charge in [0.25, 0.3) is 0 Å². The molecule has 2 aromatic carbocycles. The highest BCUT2D eigenvalue weighted by atomic mass is 19.4. The predicted octanol–water partition coefficient (Wildman–Crippen LogP) is 4.21. The zero-order chi connectivity index (χ0) is 17.5. The number of phenols is 1. The second-order valence-electron chi connectivity index (χ2n) is 5.75. The van der Waals surface area contributed by atoms with Crippen LogP contribution in [0.2, 0.25) is 0 Å². The monoisotopic (exact) mass is 336 g/mol. The van der Waals surface area contributed by atoms with Gasteiger partial charge in [0.05, 0.1) is 29.4 Å². The Morgan fingerprint density at radius 2 is 1.92 bits per heavy atom. The van der Waals surface area contributed by atoms with Crippen LogP contribution in [0.1, 0.15) is 29.2 Å². The molecule has 1 aliphatic rings. The molecule has 3 N–H and O–H groups in total. The molecule has 126 valence electrons. The van der Waals surface area contributed by atoms with E-state index in [1.165, 1.54) is 25.1 Å². The van der Waals surface area contributed by atoms with Gasteiger partial charge in [0.2, 0.25) is 5.91 Å². The molecule has 0 aliphatic carbocycles. The lowest BCUT2D eigenvalue weighted by Gasteiger charge is -2.19. The summed E-state index contributed by atoms with van der Waals surface area (Å²) < 4.78 is 39.1. The first-order chi connectivity index (χ1) is 11.2. The highest BCUT2D eigenvalue weighted by Crippen LogP contribution is 2.39. The number of amides is 1. The molecular weight excluding hydrogens is 321 g/mol. The third-order valence-corrected chi connectivity index (χ3v) is 3.94. The van der Waals surface area contributed by atoms with E-state index in [1.54, 1.807) is 12.1 Å². The molecule has 1 heterocycles. The maximum atomic E-state index is 13.0. The van der Waals surface area contributed by atoms with Gasteiger partial charge in [0, 0.05) is 0 Å². The standard InChI is InChI=1S/C17H15F3N2O2/c1-9-5-14-15(7-12(9)17(18,19)20)22-16(24)8-13(21-14)10-3-2-4-11(23)6-10/h2-7,13,21,23H,8H2,1H3,(H,22,24). The minimum absolute atomic E-state index is 0.0402. The number of nitrogens with one attached hydrogen (secondary N) is 2. The number of carbonyl (C=O) groups excluding carboxylic acids is 1. The molecule has 7 heteroatoms. The van der Waals surface area contributed by atoms with Crippen molar-refractivity contribution in [3.63, 3.8) is 0 Å². The molecule has 2 aromatic rings. The van der Waals surface area contributed by atoms with Crippen LogP contribution in [-0.4, -0.2) is 11.0 Å². The number of hydrogen-bond acceptors (Lipinski definition) is 3. The van der Waals surface area contributed by atoms with E-state index in [2.05, 4.69) is 10.6 Å².